The van der Waals surface area contributed by atoms with E-state index in [1.807, 2.05) is 29.2 Å². The molecule has 0 radical (unpaired) electrons. The molecule has 1 aliphatic heterocycles. The molecule has 0 spiro atoms. The topological polar surface area (TPSA) is 84.1 Å². The molecule has 0 bridgehead atoms. The maximum atomic E-state index is 11.5. The highest BCUT2D eigenvalue weighted by molar-refractivity contribution is 5.84. The minimum atomic E-state index is -0.371. The van der Waals surface area contributed by atoms with Crippen LogP contribution in [0.15, 0.2) is 30.5 Å². The Bertz CT molecular complexity index is 615. The van der Waals surface area contributed by atoms with Crippen molar-refractivity contribution in [3.63, 3.8) is 0 Å². The lowest BCUT2D eigenvalue weighted by molar-refractivity contribution is -0.119. The monoisotopic (exact) mass is 257 g/mol. The summed E-state index contributed by atoms with van der Waals surface area (Å²) in [5, 5.41) is 3.16. The number of amides is 1. The summed E-state index contributed by atoms with van der Waals surface area (Å²) < 4.78 is 0. The largest absolute Gasteiger partial charge is 0.368 e. The number of piperazine rings is 1. The van der Waals surface area contributed by atoms with Gasteiger partial charge in [-0.3, -0.25) is 9.78 Å². The maximum absolute atomic E-state index is 11.5. The Kier molecular flexibility index (Phi) is 3.00. The minimum absolute atomic E-state index is 0.345. The zero-order valence-electron chi connectivity index (χ0n) is 10.4. The molecule has 6 heteroatoms. The van der Waals surface area contributed by atoms with E-state index in [0.717, 1.165) is 17.6 Å². The van der Waals surface area contributed by atoms with Gasteiger partial charge in [0, 0.05) is 19.6 Å². The summed E-state index contributed by atoms with van der Waals surface area (Å²) >= 11 is 0. The zero-order chi connectivity index (χ0) is 13.2. The van der Waals surface area contributed by atoms with E-state index in [4.69, 9.17) is 5.73 Å². The van der Waals surface area contributed by atoms with Crippen molar-refractivity contribution >= 4 is 22.8 Å². The van der Waals surface area contributed by atoms with E-state index in [9.17, 15) is 4.79 Å². The maximum Gasteiger partial charge on any atom is 0.241 e. The van der Waals surface area contributed by atoms with Gasteiger partial charge < -0.3 is 16.0 Å². The van der Waals surface area contributed by atoms with Crippen molar-refractivity contribution in [1.82, 2.24) is 15.3 Å². The van der Waals surface area contributed by atoms with Crippen LogP contribution in [-0.2, 0) is 4.79 Å². The number of hydrogen-bond acceptors (Lipinski definition) is 5. The number of primary amides is 1. The smallest absolute Gasteiger partial charge is 0.241 e. The van der Waals surface area contributed by atoms with Gasteiger partial charge in [0.1, 0.15) is 11.9 Å². The molecule has 2 aromatic rings. The SMILES string of the molecule is NC(=O)C1CNCCN1c1cnc2ccccc2n1. The van der Waals surface area contributed by atoms with Gasteiger partial charge in [-0.25, -0.2) is 4.98 Å². The van der Waals surface area contributed by atoms with E-state index >= 15 is 0 Å². The Labute approximate surface area is 110 Å². The van der Waals surface area contributed by atoms with Crippen LogP contribution in [0.5, 0.6) is 0 Å². The van der Waals surface area contributed by atoms with Crippen molar-refractivity contribution in [2.75, 3.05) is 24.5 Å². The van der Waals surface area contributed by atoms with Crippen molar-refractivity contribution in [3.05, 3.63) is 30.5 Å². The first-order chi connectivity index (χ1) is 9.25. The first-order valence-corrected chi connectivity index (χ1v) is 6.24. The Hall–Kier alpha value is -2.21. The Morgan fingerprint density at radius 3 is 2.95 bits per heavy atom. The zero-order valence-corrected chi connectivity index (χ0v) is 10.4. The number of nitrogens with two attached hydrogens (primary N) is 1. The number of anilines is 1. The summed E-state index contributed by atoms with van der Waals surface area (Å²) in [7, 11) is 0. The van der Waals surface area contributed by atoms with Crippen molar-refractivity contribution in [3.8, 4) is 0 Å². The van der Waals surface area contributed by atoms with Gasteiger partial charge in [0.15, 0.2) is 0 Å². The minimum Gasteiger partial charge on any atom is -0.368 e. The molecule has 1 aromatic carbocycles. The summed E-state index contributed by atoms with van der Waals surface area (Å²) in [6, 6.07) is 7.30. The molecule has 1 aromatic heterocycles. The van der Waals surface area contributed by atoms with Crippen molar-refractivity contribution in [2.24, 2.45) is 5.73 Å². The fourth-order valence-electron chi connectivity index (χ4n) is 2.32. The molecule has 1 fully saturated rings. The lowest BCUT2D eigenvalue weighted by Crippen LogP contribution is -2.57. The molecule has 3 N–H and O–H groups in total. The van der Waals surface area contributed by atoms with E-state index in [1.54, 1.807) is 6.20 Å². The average molecular weight is 257 g/mol. The van der Waals surface area contributed by atoms with Crippen molar-refractivity contribution < 1.29 is 4.79 Å². The number of carbonyl (C=O) groups is 1. The third-order valence-corrected chi connectivity index (χ3v) is 3.30. The second-order valence-corrected chi connectivity index (χ2v) is 4.53. The fourth-order valence-corrected chi connectivity index (χ4v) is 2.32. The molecule has 19 heavy (non-hydrogen) atoms. The Morgan fingerprint density at radius 2 is 2.16 bits per heavy atom. The summed E-state index contributed by atoms with van der Waals surface area (Å²) in [6.45, 7) is 2.04. The van der Waals surface area contributed by atoms with Crippen LogP contribution >= 0.6 is 0 Å². The highest BCUT2D eigenvalue weighted by Crippen LogP contribution is 2.18. The van der Waals surface area contributed by atoms with E-state index in [1.165, 1.54) is 0 Å². The van der Waals surface area contributed by atoms with Crippen LogP contribution in [0.3, 0.4) is 0 Å². The number of nitrogens with zero attached hydrogens (tertiary/aromatic N) is 3. The van der Waals surface area contributed by atoms with Crippen LogP contribution in [0.1, 0.15) is 0 Å². The van der Waals surface area contributed by atoms with Gasteiger partial charge in [0.2, 0.25) is 5.91 Å². The standard InChI is InChI=1S/C13H15N5O/c14-13(19)11-7-15-5-6-18(11)12-8-16-9-3-1-2-4-10(9)17-12/h1-4,8,11,15H,5-7H2,(H2,14,19). The molecular formula is C13H15N5O. The molecule has 1 atom stereocenters. The second-order valence-electron chi connectivity index (χ2n) is 4.53. The van der Waals surface area contributed by atoms with E-state index in [0.29, 0.717) is 18.9 Å². The number of hydrogen-bond donors (Lipinski definition) is 2. The molecule has 1 saturated heterocycles. The van der Waals surface area contributed by atoms with Gasteiger partial charge in [0.25, 0.3) is 0 Å². The van der Waals surface area contributed by atoms with Gasteiger partial charge in [-0.1, -0.05) is 12.1 Å². The number of carbonyl (C=O) groups excluding carboxylic acids is 1. The van der Waals surface area contributed by atoms with Crippen LogP contribution in [0.25, 0.3) is 11.0 Å². The first kappa shape index (κ1) is 11.9. The quantitative estimate of drug-likeness (QED) is 0.784. The first-order valence-electron chi connectivity index (χ1n) is 6.24. The van der Waals surface area contributed by atoms with Gasteiger partial charge in [-0.15, -0.1) is 0 Å². The Balaban J connectivity index is 1.99. The molecule has 3 rings (SSSR count). The van der Waals surface area contributed by atoms with Gasteiger partial charge in [0.05, 0.1) is 17.2 Å². The second kappa shape index (κ2) is 4.81. The molecule has 98 valence electrons. The summed E-state index contributed by atoms with van der Waals surface area (Å²) in [5.41, 5.74) is 7.10. The van der Waals surface area contributed by atoms with E-state index < -0.39 is 0 Å². The molecule has 1 unspecified atom stereocenters. The molecular weight excluding hydrogens is 242 g/mol. The molecule has 1 aliphatic rings. The molecule has 6 nitrogen and oxygen atoms in total. The van der Waals surface area contributed by atoms with Gasteiger partial charge in [-0.05, 0) is 12.1 Å². The summed E-state index contributed by atoms with van der Waals surface area (Å²) in [4.78, 5) is 22.3. The molecule has 1 amide bonds. The predicted octanol–water partition coefficient (Wildman–Crippen LogP) is -0.107. The van der Waals surface area contributed by atoms with E-state index in [-0.39, 0.29) is 11.9 Å². The molecule has 0 saturated carbocycles. The highest BCUT2D eigenvalue weighted by Gasteiger charge is 2.28. The van der Waals surface area contributed by atoms with Gasteiger partial charge >= 0.3 is 0 Å². The fraction of sp³-hybridized carbons (Fsp3) is 0.308. The average Bonchev–Trinajstić information content (AvgIpc) is 2.46. The number of benzene rings is 1. The number of para-hydroxylation sites is 2. The highest BCUT2D eigenvalue weighted by atomic mass is 16.1. The van der Waals surface area contributed by atoms with Crippen molar-refractivity contribution in [1.29, 1.82) is 0 Å². The third-order valence-electron chi connectivity index (χ3n) is 3.30. The number of fused-ring (bicyclic) bond motifs is 1. The van der Waals surface area contributed by atoms with Crippen molar-refractivity contribution in [2.45, 2.75) is 6.04 Å². The summed E-state index contributed by atoms with van der Waals surface area (Å²) in [5.74, 6) is 0.353. The lowest BCUT2D eigenvalue weighted by atomic mass is 10.2. The van der Waals surface area contributed by atoms with E-state index in [2.05, 4.69) is 15.3 Å². The summed E-state index contributed by atoms with van der Waals surface area (Å²) in [6.07, 6.45) is 1.70. The van der Waals surface area contributed by atoms with Gasteiger partial charge in [-0.2, -0.15) is 0 Å². The molecule has 0 aliphatic carbocycles. The third kappa shape index (κ3) is 2.22. The van der Waals surface area contributed by atoms with Crippen LogP contribution in [0.2, 0.25) is 0 Å². The predicted molar refractivity (Wildman–Crippen MR) is 72.7 cm³/mol. The number of nitrogens with one attached hydrogen (secondary N) is 1. The number of aromatic nitrogens is 2. The van der Waals surface area contributed by atoms with Crippen LogP contribution in [-0.4, -0.2) is 41.6 Å². The lowest BCUT2D eigenvalue weighted by Gasteiger charge is -2.34. The van der Waals surface area contributed by atoms with Crippen LogP contribution in [0, 0.1) is 0 Å². The molecule has 2 heterocycles. The Morgan fingerprint density at radius 1 is 1.37 bits per heavy atom. The van der Waals surface area contributed by atoms with Crippen LogP contribution < -0.4 is 16.0 Å². The normalized spacial score (nSPS) is 19.6. The van der Waals surface area contributed by atoms with Crippen LogP contribution in [0.4, 0.5) is 5.82 Å². The number of rotatable bonds is 2.